The first kappa shape index (κ1) is 8.39. The fourth-order valence-electron chi connectivity index (χ4n) is 0.928. The minimum absolute atomic E-state index is 0.220. The number of aromatic amines is 1. The molecule has 0 atom stereocenters. The second-order valence-electron chi connectivity index (χ2n) is 2.22. The molecule has 8 heteroatoms. The first-order valence-corrected chi connectivity index (χ1v) is 5.49. The van der Waals surface area contributed by atoms with Crippen LogP contribution in [0.25, 0.3) is 11.2 Å². The Hall–Kier alpha value is -1.21. The topological polar surface area (TPSA) is 88.6 Å². The minimum Gasteiger partial charge on any atom is -0.341 e. The molecule has 0 aliphatic carbocycles. The van der Waals surface area contributed by atoms with E-state index < -0.39 is 9.05 Å². The number of fused-ring (bicyclic) bond motifs is 1. The van der Waals surface area contributed by atoms with E-state index in [1.807, 2.05) is 0 Å². The van der Waals surface area contributed by atoms with Crippen molar-refractivity contribution >= 4 is 30.9 Å². The minimum atomic E-state index is -3.85. The van der Waals surface area contributed by atoms with Crippen LogP contribution in [0, 0.1) is 0 Å². The van der Waals surface area contributed by atoms with Crippen molar-refractivity contribution in [2.45, 2.75) is 5.03 Å². The van der Waals surface area contributed by atoms with Gasteiger partial charge in [-0.05, 0) is 0 Å². The van der Waals surface area contributed by atoms with Gasteiger partial charge in [0.15, 0.2) is 10.7 Å². The van der Waals surface area contributed by atoms with Gasteiger partial charge < -0.3 is 4.98 Å². The highest BCUT2D eigenvalue weighted by molar-refractivity contribution is 8.13. The Morgan fingerprint density at radius 3 is 2.77 bits per heavy atom. The fraction of sp³-hybridized carbons (Fsp3) is 0. The first-order valence-electron chi connectivity index (χ1n) is 3.18. The predicted molar refractivity (Wildman–Crippen MR) is 44.7 cm³/mol. The molecule has 0 amide bonds. The lowest BCUT2D eigenvalue weighted by Gasteiger charge is -1.94. The van der Waals surface area contributed by atoms with Crippen molar-refractivity contribution in [3.63, 3.8) is 0 Å². The average molecular weight is 219 g/mol. The fourth-order valence-corrected chi connectivity index (χ4v) is 1.85. The van der Waals surface area contributed by atoms with Crippen LogP contribution < -0.4 is 0 Å². The van der Waals surface area contributed by atoms with Crippen LogP contribution in [0.1, 0.15) is 0 Å². The number of imidazole rings is 1. The number of halogens is 1. The van der Waals surface area contributed by atoms with Crippen LogP contribution in [-0.2, 0) is 9.05 Å². The summed E-state index contributed by atoms with van der Waals surface area (Å²) in [5.41, 5.74) is 0.492. The summed E-state index contributed by atoms with van der Waals surface area (Å²) in [4.78, 5) is 13.6. The molecule has 2 aromatic rings. The van der Waals surface area contributed by atoms with E-state index in [0.717, 1.165) is 6.33 Å². The van der Waals surface area contributed by atoms with Crippen molar-refractivity contribution in [2.75, 3.05) is 0 Å². The van der Waals surface area contributed by atoms with E-state index in [9.17, 15) is 8.42 Å². The standard InChI is InChI=1S/C5H3ClN4O2S/c6-13(11,12)5-3-4(8-1-7-3)9-2-10-5/h1-2H,(H,7,8,9,10). The van der Waals surface area contributed by atoms with Gasteiger partial charge in [-0.3, -0.25) is 0 Å². The Morgan fingerprint density at radius 1 is 1.31 bits per heavy atom. The lowest BCUT2D eigenvalue weighted by atomic mass is 10.6. The summed E-state index contributed by atoms with van der Waals surface area (Å²) in [5, 5.41) is -0.253. The van der Waals surface area contributed by atoms with Crippen LogP contribution in [-0.4, -0.2) is 28.4 Å². The van der Waals surface area contributed by atoms with E-state index in [4.69, 9.17) is 10.7 Å². The number of hydrogen-bond donors (Lipinski definition) is 1. The molecule has 13 heavy (non-hydrogen) atoms. The monoisotopic (exact) mass is 218 g/mol. The Morgan fingerprint density at radius 2 is 2.08 bits per heavy atom. The highest BCUT2D eigenvalue weighted by atomic mass is 35.7. The van der Waals surface area contributed by atoms with E-state index in [2.05, 4.69) is 19.9 Å². The van der Waals surface area contributed by atoms with Gasteiger partial charge in [0.2, 0.25) is 0 Å². The average Bonchev–Trinajstić information content (AvgIpc) is 2.48. The number of nitrogens with zero attached hydrogens (tertiary/aromatic N) is 3. The zero-order valence-corrected chi connectivity index (χ0v) is 7.67. The third-order valence-corrected chi connectivity index (χ3v) is 2.63. The first-order chi connectivity index (χ1) is 6.09. The molecule has 68 valence electrons. The molecule has 0 saturated carbocycles. The Labute approximate surface area is 77.4 Å². The summed E-state index contributed by atoms with van der Waals surface area (Å²) in [6.07, 6.45) is 2.42. The molecule has 0 aromatic carbocycles. The van der Waals surface area contributed by atoms with E-state index in [0.29, 0.717) is 0 Å². The molecule has 1 N–H and O–H groups in total. The maximum atomic E-state index is 11.0. The molecule has 0 radical (unpaired) electrons. The van der Waals surface area contributed by atoms with Crippen molar-refractivity contribution in [3.05, 3.63) is 12.7 Å². The van der Waals surface area contributed by atoms with Crippen LogP contribution in [0.3, 0.4) is 0 Å². The largest absolute Gasteiger partial charge is 0.341 e. The Kier molecular flexibility index (Phi) is 1.70. The molecule has 0 bridgehead atoms. The number of aromatic nitrogens is 4. The second-order valence-corrected chi connectivity index (χ2v) is 4.70. The van der Waals surface area contributed by atoms with Crippen molar-refractivity contribution in [1.29, 1.82) is 0 Å². The molecule has 2 heterocycles. The molecule has 0 unspecified atom stereocenters. The maximum absolute atomic E-state index is 11.0. The Balaban J connectivity index is 2.91. The van der Waals surface area contributed by atoms with Gasteiger partial charge in [-0.1, -0.05) is 0 Å². The summed E-state index contributed by atoms with van der Waals surface area (Å²) in [6.45, 7) is 0. The maximum Gasteiger partial charge on any atom is 0.280 e. The lowest BCUT2D eigenvalue weighted by molar-refractivity contribution is 0.607. The van der Waals surface area contributed by atoms with E-state index in [1.54, 1.807) is 0 Å². The third-order valence-electron chi connectivity index (χ3n) is 1.42. The van der Waals surface area contributed by atoms with Crippen molar-refractivity contribution in [2.24, 2.45) is 0 Å². The van der Waals surface area contributed by atoms with E-state index in [1.165, 1.54) is 6.33 Å². The highest BCUT2D eigenvalue weighted by Gasteiger charge is 2.17. The summed E-state index contributed by atoms with van der Waals surface area (Å²) in [5.74, 6) is 0. The second kappa shape index (κ2) is 2.64. The number of hydrogen-bond acceptors (Lipinski definition) is 5. The van der Waals surface area contributed by atoms with Gasteiger partial charge in [0.25, 0.3) is 9.05 Å². The van der Waals surface area contributed by atoms with Crippen LogP contribution in [0.5, 0.6) is 0 Å². The summed E-state index contributed by atoms with van der Waals surface area (Å²) in [6, 6.07) is 0. The van der Waals surface area contributed by atoms with Crippen LogP contribution >= 0.6 is 10.7 Å². The van der Waals surface area contributed by atoms with Gasteiger partial charge >= 0.3 is 0 Å². The number of nitrogens with one attached hydrogen (secondary N) is 1. The van der Waals surface area contributed by atoms with Crippen LogP contribution in [0.4, 0.5) is 0 Å². The normalized spacial score (nSPS) is 12.1. The van der Waals surface area contributed by atoms with Crippen molar-refractivity contribution in [1.82, 2.24) is 19.9 Å². The molecular formula is C5H3ClN4O2S. The van der Waals surface area contributed by atoms with Gasteiger partial charge in [0.05, 0.1) is 6.33 Å². The quantitative estimate of drug-likeness (QED) is 0.549. The van der Waals surface area contributed by atoms with E-state index in [-0.39, 0.29) is 16.2 Å². The third kappa shape index (κ3) is 1.36. The predicted octanol–water partition coefficient (Wildman–Crippen LogP) is 0.280. The molecular weight excluding hydrogens is 216 g/mol. The molecule has 2 aromatic heterocycles. The van der Waals surface area contributed by atoms with Gasteiger partial charge in [0.1, 0.15) is 11.8 Å². The highest BCUT2D eigenvalue weighted by Crippen LogP contribution is 2.18. The van der Waals surface area contributed by atoms with Gasteiger partial charge in [-0.2, -0.15) is 0 Å². The van der Waals surface area contributed by atoms with Crippen molar-refractivity contribution in [3.8, 4) is 0 Å². The zero-order valence-electron chi connectivity index (χ0n) is 6.10. The summed E-state index contributed by atoms with van der Waals surface area (Å²) >= 11 is 0. The molecule has 0 saturated heterocycles. The van der Waals surface area contributed by atoms with Gasteiger partial charge in [-0.25, -0.2) is 23.4 Å². The van der Waals surface area contributed by atoms with Gasteiger partial charge in [-0.15, -0.1) is 0 Å². The lowest BCUT2D eigenvalue weighted by Crippen LogP contribution is -1.97. The number of H-pyrrole nitrogens is 1. The molecule has 0 aliphatic heterocycles. The van der Waals surface area contributed by atoms with Crippen LogP contribution in [0.15, 0.2) is 17.7 Å². The zero-order chi connectivity index (χ0) is 9.47. The number of rotatable bonds is 1. The molecule has 0 aliphatic rings. The molecule has 0 spiro atoms. The van der Waals surface area contributed by atoms with Crippen molar-refractivity contribution < 1.29 is 8.42 Å². The molecule has 6 nitrogen and oxygen atoms in total. The molecule has 0 fully saturated rings. The van der Waals surface area contributed by atoms with Crippen LogP contribution in [0.2, 0.25) is 0 Å². The van der Waals surface area contributed by atoms with Gasteiger partial charge in [0, 0.05) is 10.7 Å². The smallest absolute Gasteiger partial charge is 0.280 e. The summed E-state index contributed by atoms with van der Waals surface area (Å²) < 4.78 is 21.9. The summed E-state index contributed by atoms with van der Waals surface area (Å²) in [7, 11) is 1.28. The van der Waals surface area contributed by atoms with E-state index >= 15 is 0 Å². The molecule has 2 rings (SSSR count). The Bertz CT molecular complexity index is 548. The SMILES string of the molecule is O=S(=O)(Cl)c1ncnc2nc[nH]c12.